The van der Waals surface area contributed by atoms with E-state index in [9.17, 15) is 4.79 Å². The number of benzene rings is 3. The van der Waals surface area contributed by atoms with E-state index in [0.717, 1.165) is 33.8 Å². The van der Waals surface area contributed by atoms with Gasteiger partial charge in [-0.3, -0.25) is 4.79 Å². The van der Waals surface area contributed by atoms with Gasteiger partial charge in [-0.25, -0.2) is 9.97 Å². The summed E-state index contributed by atoms with van der Waals surface area (Å²) in [5.74, 6) is 0.475. The van der Waals surface area contributed by atoms with E-state index < -0.39 is 0 Å². The van der Waals surface area contributed by atoms with Crippen LogP contribution in [0.5, 0.6) is 0 Å². The summed E-state index contributed by atoms with van der Waals surface area (Å²) in [7, 11) is 0. The van der Waals surface area contributed by atoms with Gasteiger partial charge in [-0.15, -0.1) is 21.5 Å². The van der Waals surface area contributed by atoms with E-state index in [-0.39, 0.29) is 5.91 Å². The minimum absolute atomic E-state index is 0.0800. The number of carbonyl (C=O) groups excluding carboxylic acids is 1. The van der Waals surface area contributed by atoms with Crippen molar-refractivity contribution in [2.24, 2.45) is 0 Å². The van der Waals surface area contributed by atoms with E-state index in [0.29, 0.717) is 22.5 Å². The summed E-state index contributed by atoms with van der Waals surface area (Å²) in [6.07, 6.45) is 0.334. The number of thioether (sulfide) groups is 1. The Hall–Kier alpha value is -3.62. The molecule has 6 nitrogen and oxygen atoms in total. The van der Waals surface area contributed by atoms with Gasteiger partial charge in [-0.2, -0.15) is 0 Å². The standard InChI is InChI=1S/C26H19N5OS2/c1-15-8-10-16(11-9-15)20-14-34-25(27-20)28-21(32)12-13-33-26-29-23-18-6-2-4-17-5-3-7-19(22(17)18)24(23)30-31-26/h2-11,14H,12-13H2,1H3,(H,27,28,32). The summed E-state index contributed by atoms with van der Waals surface area (Å²) in [6, 6.07) is 20.6. The fourth-order valence-corrected chi connectivity index (χ4v) is 5.54. The molecule has 6 rings (SSSR count). The molecule has 1 amide bonds. The van der Waals surface area contributed by atoms with Crippen LogP contribution in [0, 0.1) is 6.92 Å². The second-order valence-corrected chi connectivity index (χ2v) is 9.97. The summed E-state index contributed by atoms with van der Waals surface area (Å²) in [4.78, 5) is 21.7. The Balaban J connectivity index is 1.09. The van der Waals surface area contributed by atoms with Crippen LogP contribution in [0.15, 0.2) is 71.2 Å². The molecule has 0 saturated heterocycles. The fourth-order valence-electron chi connectivity index (χ4n) is 4.08. The van der Waals surface area contributed by atoms with Crippen molar-refractivity contribution < 1.29 is 4.79 Å². The third kappa shape index (κ3) is 3.85. The number of anilines is 1. The van der Waals surface area contributed by atoms with Gasteiger partial charge in [0.25, 0.3) is 0 Å². The van der Waals surface area contributed by atoms with Crippen molar-refractivity contribution in [1.29, 1.82) is 0 Å². The molecule has 0 bridgehead atoms. The molecular weight excluding hydrogens is 462 g/mol. The number of aromatic nitrogens is 4. The molecule has 0 atom stereocenters. The fraction of sp³-hybridized carbons (Fsp3) is 0.115. The van der Waals surface area contributed by atoms with Crippen LogP contribution in [0.2, 0.25) is 0 Å². The summed E-state index contributed by atoms with van der Waals surface area (Å²) in [5.41, 5.74) is 6.95. The van der Waals surface area contributed by atoms with Gasteiger partial charge < -0.3 is 5.32 Å². The molecule has 0 spiro atoms. The SMILES string of the molecule is Cc1ccc(-c2csc(NC(=O)CCSc3nnc4c(n3)-c3cccc5cccc-4c35)n2)cc1. The number of carbonyl (C=O) groups is 1. The molecule has 0 aliphatic heterocycles. The maximum absolute atomic E-state index is 12.4. The second-order valence-electron chi connectivity index (χ2n) is 8.05. The molecule has 2 heterocycles. The molecule has 2 aromatic heterocycles. The number of nitrogens with zero attached hydrogens (tertiary/aromatic N) is 4. The van der Waals surface area contributed by atoms with Gasteiger partial charge >= 0.3 is 0 Å². The maximum atomic E-state index is 12.4. The highest BCUT2D eigenvalue weighted by Gasteiger charge is 2.24. The Kier molecular flexibility index (Phi) is 5.31. The predicted octanol–water partition coefficient (Wildman–Crippen LogP) is 6.23. The highest BCUT2D eigenvalue weighted by atomic mass is 32.2. The molecule has 1 aliphatic carbocycles. The third-order valence-corrected chi connectivity index (χ3v) is 7.34. The quantitative estimate of drug-likeness (QED) is 0.284. The van der Waals surface area contributed by atoms with Crippen LogP contribution >= 0.6 is 23.1 Å². The van der Waals surface area contributed by atoms with Crippen LogP contribution in [0.4, 0.5) is 5.13 Å². The average molecular weight is 482 g/mol. The molecule has 8 heteroatoms. The molecule has 5 aromatic rings. The lowest BCUT2D eigenvalue weighted by molar-refractivity contribution is -0.115. The van der Waals surface area contributed by atoms with Crippen LogP contribution in [-0.4, -0.2) is 31.8 Å². The Morgan fingerprint density at radius 1 is 0.941 bits per heavy atom. The summed E-state index contributed by atoms with van der Waals surface area (Å²) in [5, 5.41) is 17.1. The van der Waals surface area contributed by atoms with Gasteiger partial charge in [0.1, 0.15) is 11.4 Å². The number of amides is 1. The van der Waals surface area contributed by atoms with Crippen LogP contribution in [0.1, 0.15) is 12.0 Å². The van der Waals surface area contributed by atoms with E-state index in [1.165, 1.54) is 39.4 Å². The minimum Gasteiger partial charge on any atom is -0.302 e. The topological polar surface area (TPSA) is 80.7 Å². The Bertz CT molecular complexity index is 1540. The first kappa shape index (κ1) is 20.9. The summed E-state index contributed by atoms with van der Waals surface area (Å²) < 4.78 is 0. The third-order valence-electron chi connectivity index (χ3n) is 5.74. The lowest BCUT2D eigenvalue weighted by Crippen LogP contribution is -2.12. The predicted molar refractivity (Wildman–Crippen MR) is 138 cm³/mol. The number of rotatable bonds is 6. The summed E-state index contributed by atoms with van der Waals surface area (Å²) >= 11 is 2.86. The number of hydrogen-bond donors (Lipinski definition) is 1. The Labute approximate surface area is 204 Å². The molecular formula is C26H19N5OS2. The average Bonchev–Trinajstić information content (AvgIpc) is 3.44. The zero-order valence-corrected chi connectivity index (χ0v) is 19.9. The largest absolute Gasteiger partial charge is 0.302 e. The highest BCUT2D eigenvalue weighted by molar-refractivity contribution is 7.99. The van der Waals surface area contributed by atoms with E-state index >= 15 is 0 Å². The van der Waals surface area contributed by atoms with E-state index in [2.05, 4.69) is 63.8 Å². The molecule has 3 aromatic carbocycles. The molecule has 166 valence electrons. The van der Waals surface area contributed by atoms with Crippen molar-refractivity contribution in [2.45, 2.75) is 18.5 Å². The van der Waals surface area contributed by atoms with Gasteiger partial charge in [0.2, 0.25) is 11.1 Å². The minimum atomic E-state index is -0.0800. The summed E-state index contributed by atoms with van der Waals surface area (Å²) in [6.45, 7) is 2.05. The van der Waals surface area contributed by atoms with Crippen molar-refractivity contribution >= 4 is 44.9 Å². The van der Waals surface area contributed by atoms with Crippen molar-refractivity contribution in [2.75, 3.05) is 11.1 Å². The molecule has 0 radical (unpaired) electrons. The van der Waals surface area contributed by atoms with Crippen molar-refractivity contribution in [3.63, 3.8) is 0 Å². The Morgan fingerprint density at radius 2 is 1.71 bits per heavy atom. The molecule has 0 saturated carbocycles. The first-order valence-corrected chi connectivity index (χ1v) is 12.7. The van der Waals surface area contributed by atoms with Gasteiger partial charge in [0.05, 0.1) is 5.69 Å². The van der Waals surface area contributed by atoms with Crippen LogP contribution in [0.3, 0.4) is 0 Å². The second kappa shape index (κ2) is 8.62. The van der Waals surface area contributed by atoms with Crippen molar-refractivity contribution in [1.82, 2.24) is 20.2 Å². The molecule has 34 heavy (non-hydrogen) atoms. The van der Waals surface area contributed by atoms with Crippen LogP contribution in [-0.2, 0) is 4.79 Å². The lowest BCUT2D eigenvalue weighted by Gasteiger charge is -2.04. The smallest absolute Gasteiger partial charge is 0.226 e. The number of hydrogen-bond acceptors (Lipinski definition) is 7. The number of fused-ring (bicyclic) bond motifs is 3. The van der Waals surface area contributed by atoms with Crippen molar-refractivity contribution in [3.05, 3.63) is 71.6 Å². The Morgan fingerprint density at radius 3 is 2.50 bits per heavy atom. The van der Waals surface area contributed by atoms with Crippen LogP contribution < -0.4 is 5.32 Å². The van der Waals surface area contributed by atoms with Gasteiger partial charge in [0.15, 0.2) is 5.13 Å². The molecule has 1 aliphatic rings. The molecule has 0 fully saturated rings. The zero-order valence-electron chi connectivity index (χ0n) is 18.3. The van der Waals surface area contributed by atoms with Gasteiger partial charge in [-0.05, 0) is 12.3 Å². The van der Waals surface area contributed by atoms with Crippen LogP contribution in [0.25, 0.3) is 44.5 Å². The number of aryl methyl sites for hydroxylation is 1. The maximum Gasteiger partial charge on any atom is 0.226 e. The van der Waals surface area contributed by atoms with Crippen molar-refractivity contribution in [3.8, 4) is 33.8 Å². The highest BCUT2D eigenvalue weighted by Crippen LogP contribution is 2.44. The monoisotopic (exact) mass is 481 g/mol. The first-order valence-electron chi connectivity index (χ1n) is 10.9. The first-order chi connectivity index (χ1) is 16.7. The van der Waals surface area contributed by atoms with E-state index in [1.807, 2.05) is 29.6 Å². The number of nitrogens with one attached hydrogen (secondary N) is 1. The van der Waals surface area contributed by atoms with E-state index in [4.69, 9.17) is 4.98 Å². The molecule has 1 N–H and O–H groups in total. The van der Waals surface area contributed by atoms with Gasteiger partial charge in [-0.1, -0.05) is 78.0 Å². The normalized spacial score (nSPS) is 11.6. The van der Waals surface area contributed by atoms with E-state index in [1.54, 1.807) is 0 Å². The number of thiazole rings is 1. The molecule has 0 unspecified atom stereocenters. The van der Waals surface area contributed by atoms with Gasteiger partial charge in [0, 0.05) is 39.6 Å². The zero-order chi connectivity index (χ0) is 23.1. The lowest BCUT2D eigenvalue weighted by atomic mass is 10.0.